The van der Waals surface area contributed by atoms with Gasteiger partial charge in [0.2, 0.25) is 0 Å². The number of hydrogen-bond acceptors (Lipinski definition) is 1. The Morgan fingerprint density at radius 2 is 1.94 bits per heavy atom. The van der Waals surface area contributed by atoms with Gasteiger partial charge in [-0.2, -0.15) is 0 Å². The summed E-state index contributed by atoms with van der Waals surface area (Å²) in [6.45, 7) is 8.87. The first kappa shape index (κ1) is 10.8. The monoisotopic (exact) mass is 228 g/mol. The summed E-state index contributed by atoms with van der Waals surface area (Å²) in [5.41, 5.74) is 7.26. The molecule has 0 saturated carbocycles. The largest absolute Gasteiger partial charge is 0.346 e. The Morgan fingerprint density at radius 3 is 2.71 bits per heavy atom. The molecule has 1 aliphatic rings. The van der Waals surface area contributed by atoms with Gasteiger partial charge in [0.05, 0.1) is 5.52 Å². The number of hydrogen-bond donors (Lipinski definition) is 1. The quantitative estimate of drug-likeness (QED) is 0.733. The van der Waals surface area contributed by atoms with Gasteiger partial charge in [-0.05, 0) is 36.5 Å². The van der Waals surface area contributed by atoms with Gasteiger partial charge in [0.25, 0.3) is 0 Å². The molecule has 1 aromatic carbocycles. The Bertz CT molecular complexity index is 593. The maximum absolute atomic E-state index is 3.51. The van der Waals surface area contributed by atoms with E-state index in [9.17, 15) is 0 Å². The fourth-order valence-electron chi connectivity index (χ4n) is 3.28. The summed E-state index contributed by atoms with van der Waals surface area (Å²) in [5.74, 6) is 0.614. The van der Waals surface area contributed by atoms with Crippen molar-refractivity contribution in [2.75, 3.05) is 6.54 Å². The van der Waals surface area contributed by atoms with Crippen LogP contribution in [0.15, 0.2) is 12.1 Å². The van der Waals surface area contributed by atoms with Crippen LogP contribution in [-0.2, 0) is 13.6 Å². The molecule has 2 nitrogen and oxygen atoms in total. The van der Waals surface area contributed by atoms with E-state index in [1.54, 1.807) is 5.56 Å². The van der Waals surface area contributed by atoms with E-state index in [1.165, 1.54) is 27.7 Å². The number of rotatable bonds is 0. The second-order valence-electron chi connectivity index (χ2n) is 5.37. The third kappa shape index (κ3) is 1.37. The molecule has 90 valence electrons. The molecule has 0 saturated heterocycles. The zero-order chi connectivity index (χ0) is 12.2. The standard InChI is InChI=1S/C15H20N2/c1-9-5-6-10(2)15-14(9)13-11(3)7-16-8-12(13)17(15)4/h5-6,11,16H,7-8H2,1-4H3. The molecule has 1 N–H and O–H groups in total. The van der Waals surface area contributed by atoms with Crippen molar-refractivity contribution in [1.82, 2.24) is 9.88 Å². The molecule has 0 radical (unpaired) electrons. The molecule has 3 rings (SSSR count). The molecule has 2 aromatic rings. The molecule has 17 heavy (non-hydrogen) atoms. The zero-order valence-electron chi connectivity index (χ0n) is 11.1. The van der Waals surface area contributed by atoms with Gasteiger partial charge in [-0.1, -0.05) is 19.1 Å². The lowest BCUT2D eigenvalue weighted by Gasteiger charge is -2.21. The molecule has 1 aliphatic heterocycles. The second-order valence-corrected chi connectivity index (χ2v) is 5.37. The first-order chi connectivity index (χ1) is 8.11. The number of fused-ring (bicyclic) bond motifs is 3. The van der Waals surface area contributed by atoms with E-state index in [2.05, 4.69) is 49.8 Å². The van der Waals surface area contributed by atoms with Crippen LogP contribution in [-0.4, -0.2) is 11.1 Å². The minimum atomic E-state index is 0.614. The van der Waals surface area contributed by atoms with E-state index in [0.717, 1.165) is 13.1 Å². The third-order valence-electron chi connectivity index (χ3n) is 4.14. The Hall–Kier alpha value is -1.28. The molecule has 0 amide bonds. The van der Waals surface area contributed by atoms with Crippen LogP contribution in [0.4, 0.5) is 0 Å². The molecule has 2 heterocycles. The Kier molecular flexibility index (Phi) is 2.30. The number of nitrogens with zero attached hydrogens (tertiary/aromatic N) is 1. The number of benzene rings is 1. The number of aromatic nitrogens is 1. The van der Waals surface area contributed by atoms with E-state index in [4.69, 9.17) is 0 Å². The summed E-state index contributed by atoms with van der Waals surface area (Å²) in [4.78, 5) is 0. The fraction of sp³-hybridized carbons (Fsp3) is 0.467. The van der Waals surface area contributed by atoms with Gasteiger partial charge in [0.1, 0.15) is 0 Å². The van der Waals surface area contributed by atoms with Crippen molar-refractivity contribution < 1.29 is 0 Å². The molecule has 0 aliphatic carbocycles. The number of nitrogens with one attached hydrogen (secondary N) is 1. The molecule has 0 spiro atoms. The predicted octanol–water partition coefficient (Wildman–Crippen LogP) is 3.00. The lowest BCUT2D eigenvalue weighted by Crippen LogP contribution is -2.27. The highest BCUT2D eigenvalue weighted by Crippen LogP contribution is 2.36. The summed E-state index contributed by atoms with van der Waals surface area (Å²) in [5, 5.41) is 5.01. The number of aryl methyl sites for hydroxylation is 3. The second kappa shape index (κ2) is 3.61. The molecule has 1 aromatic heterocycles. The average Bonchev–Trinajstić information content (AvgIpc) is 2.61. The van der Waals surface area contributed by atoms with E-state index < -0.39 is 0 Å². The van der Waals surface area contributed by atoms with Gasteiger partial charge in [-0.15, -0.1) is 0 Å². The lowest BCUT2D eigenvalue weighted by molar-refractivity contribution is 0.553. The van der Waals surface area contributed by atoms with Crippen molar-refractivity contribution in [2.45, 2.75) is 33.2 Å². The maximum Gasteiger partial charge on any atom is 0.0515 e. The van der Waals surface area contributed by atoms with Gasteiger partial charge in [0.15, 0.2) is 0 Å². The Labute approximate surface area is 103 Å². The third-order valence-corrected chi connectivity index (χ3v) is 4.14. The van der Waals surface area contributed by atoms with Crippen molar-refractivity contribution in [3.8, 4) is 0 Å². The summed E-state index contributed by atoms with van der Waals surface area (Å²) in [7, 11) is 2.20. The Morgan fingerprint density at radius 1 is 1.24 bits per heavy atom. The molecule has 0 fully saturated rings. The lowest BCUT2D eigenvalue weighted by atomic mass is 9.92. The highest BCUT2D eigenvalue weighted by molar-refractivity contribution is 5.91. The highest BCUT2D eigenvalue weighted by Gasteiger charge is 2.24. The molecule has 1 unspecified atom stereocenters. The molecular weight excluding hydrogens is 208 g/mol. The van der Waals surface area contributed by atoms with Crippen molar-refractivity contribution in [1.29, 1.82) is 0 Å². The van der Waals surface area contributed by atoms with Gasteiger partial charge >= 0.3 is 0 Å². The topological polar surface area (TPSA) is 17.0 Å². The van der Waals surface area contributed by atoms with Crippen LogP contribution in [0.5, 0.6) is 0 Å². The first-order valence-corrected chi connectivity index (χ1v) is 6.39. The summed E-state index contributed by atoms with van der Waals surface area (Å²) in [6.07, 6.45) is 0. The molecular formula is C15H20N2. The normalized spacial score (nSPS) is 19.6. The van der Waals surface area contributed by atoms with Gasteiger partial charge in [-0.3, -0.25) is 0 Å². The zero-order valence-corrected chi connectivity index (χ0v) is 11.1. The van der Waals surface area contributed by atoms with Crippen molar-refractivity contribution in [3.63, 3.8) is 0 Å². The molecule has 2 heteroatoms. The van der Waals surface area contributed by atoms with E-state index in [1.807, 2.05) is 0 Å². The van der Waals surface area contributed by atoms with Crippen LogP contribution in [0.1, 0.15) is 35.2 Å². The summed E-state index contributed by atoms with van der Waals surface area (Å²) >= 11 is 0. The van der Waals surface area contributed by atoms with Gasteiger partial charge < -0.3 is 9.88 Å². The highest BCUT2D eigenvalue weighted by atomic mass is 15.0. The van der Waals surface area contributed by atoms with Crippen molar-refractivity contribution in [2.24, 2.45) is 7.05 Å². The average molecular weight is 228 g/mol. The van der Waals surface area contributed by atoms with Crippen LogP contribution >= 0.6 is 0 Å². The van der Waals surface area contributed by atoms with E-state index in [0.29, 0.717) is 5.92 Å². The SMILES string of the molecule is Cc1ccc(C)c2c1c1c(n2C)CNCC1C. The van der Waals surface area contributed by atoms with Crippen molar-refractivity contribution in [3.05, 3.63) is 34.5 Å². The van der Waals surface area contributed by atoms with Crippen LogP contribution in [0, 0.1) is 13.8 Å². The Balaban J connectivity index is 2.49. The van der Waals surface area contributed by atoms with Gasteiger partial charge in [-0.25, -0.2) is 0 Å². The van der Waals surface area contributed by atoms with Crippen LogP contribution < -0.4 is 5.32 Å². The van der Waals surface area contributed by atoms with Crippen LogP contribution in [0.25, 0.3) is 10.9 Å². The van der Waals surface area contributed by atoms with Crippen LogP contribution in [0.3, 0.4) is 0 Å². The smallest absolute Gasteiger partial charge is 0.0515 e. The van der Waals surface area contributed by atoms with Crippen LogP contribution in [0.2, 0.25) is 0 Å². The minimum Gasteiger partial charge on any atom is -0.346 e. The molecule has 1 atom stereocenters. The van der Waals surface area contributed by atoms with Crippen molar-refractivity contribution >= 4 is 10.9 Å². The maximum atomic E-state index is 3.51. The minimum absolute atomic E-state index is 0.614. The first-order valence-electron chi connectivity index (χ1n) is 6.39. The molecule has 0 bridgehead atoms. The summed E-state index contributed by atoms with van der Waals surface area (Å²) < 4.78 is 2.38. The van der Waals surface area contributed by atoms with E-state index >= 15 is 0 Å². The fourth-order valence-corrected chi connectivity index (χ4v) is 3.28. The summed E-state index contributed by atoms with van der Waals surface area (Å²) in [6, 6.07) is 4.49. The van der Waals surface area contributed by atoms with E-state index in [-0.39, 0.29) is 0 Å². The predicted molar refractivity (Wildman–Crippen MR) is 72.5 cm³/mol. The van der Waals surface area contributed by atoms with Gasteiger partial charge in [0, 0.05) is 31.2 Å².